The zero-order chi connectivity index (χ0) is 42.7. The van der Waals surface area contributed by atoms with Gasteiger partial charge in [-0.05, 0) is 121 Å². The SMILES string of the molecule is c1ccc(-c2ccc(N(c3ccc(-c4ccccc4)cc3)c3cc(N(c4ccc(-c5ccccc5)cc4)c4ccc(-c5ccccc5)cc4)c4c(ccc5ccccc54)c3)cc2)cc1. The molecule has 11 rings (SSSR count). The van der Waals surface area contributed by atoms with Gasteiger partial charge >= 0.3 is 0 Å². The van der Waals surface area contributed by atoms with Crippen molar-refractivity contribution in [1.29, 1.82) is 0 Å². The smallest absolute Gasteiger partial charge is 0.0567 e. The lowest BCUT2D eigenvalue weighted by Crippen LogP contribution is -2.14. The predicted molar refractivity (Wildman–Crippen MR) is 273 cm³/mol. The Morgan fingerprint density at radius 2 is 0.516 bits per heavy atom. The van der Waals surface area contributed by atoms with Gasteiger partial charge in [0.1, 0.15) is 0 Å². The van der Waals surface area contributed by atoms with Gasteiger partial charge in [0.2, 0.25) is 0 Å². The van der Waals surface area contributed by atoms with Gasteiger partial charge in [-0.15, -0.1) is 0 Å². The van der Waals surface area contributed by atoms with Gasteiger partial charge in [-0.3, -0.25) is 0 Å². The van der Waals surface area contributed by atoms with E-state index < -0.39 is 0 Å². The van der Waals surface area contributed by atoms with E-state index in [4.69, 9.17) is 0 Å². The van der Waals surface area contributed by atoms with Gasteiger partial charge in [0.05, 0.1) is 5.69 Å². The van der Waals surface area contributed by atoms with Gasteiger partial charge in [-0.1, -0.05) is 206 Å². The molecule has 0 atom stereocenters. The average Bonchev–Trinajstić information content (AvgIpc) is 3.38. The van der Waals surface area contributed by atoms with Gasteiger partial charge in [-0.2, -0.15) is 0 Å². The summed E-state index contributed by atoms with van der Waals surface area (Å²) in [5, 5.41) is 4.76. The van der Waals surface area contributed by atoms with Crippen LogP contribution in [0.2, 0.25) is 0 Å². The number of fused-ring (bicyclic) bond motifs is 3. The molecule has 0 saturated carbocycles. The number of anilines is 6. The second kappa shape index (κ2) is 17.1. The Morgan fingerprint density at radius 1 is 0.203 bits per heavy atom. The molecule has 0 amide bonds. The maximum Gasteiger partial charge on any atom is 0.0567 e. The lowest BCUT2D eigenvalue weighted by molar-refractivity contribution is 1.26. The van der Waals surface area contributed by atoms with Gasteiger partial charge < -0.3 is 9.80 Å². The van der Waals surface area contributed by atoms with Crippen LogP contribution in [-0.2, 0) is 0 Å². The molecule has 2 heteroatoms. The molecule has 0 aliphatic rings. The summed E-state index contributed by atoms with van der Waals surface area (Å²) < 4.78 is 0. The quantitative estimate of drug-likeness (QED) is 0.127. The first-order valence-electron chi connectivity index (χ1n) is 21.9. The van der Waals surface area contributed by atoms with Crippen LogP contribution in [0.15, 0.2) is 267 Å². The van der Waals surface area contributed by atoms with Crippen LogP contribution in [0.5, 0.6) is 0 Å². The van der Waals surface area contributed by atoms with Crippen molar-refractivity contribution in [2.75, 3.05) is 9.80 Å². The molecule has 0 unspecified atom stereocenters. The fourth-order valence-corrected chi connectivity index (χ4v) is 9.02. The number of rotatable bonds is 10. The molecule has 11 aromatic carbocycles. The molecule has 0 N–H and O–H groups in total. The normalized spacial score (nSPS) is 11.1. The van der Waals surface area contributed by atoms with E-state index in [9.17, 15) is 0 Å². The van der Waals surface area contributed by atoms with E-state index in [1.165, 1.54) is 60.7 Å². The summed E-state index contributed by atoms with van der Waals surface area (Å²) in [5.74, 6) is 0. The first kappa shape index (κ1) is 38.5. The Hall–Kier alpha value is -8.46. The third kappa shape index (κ3) is 7.59. The number of nitrogens with zero attached hydrogens (tertiary/aromatic N) is 2. The van der Waals surface area contributed by atoms with Gasteiger partial charge in [-0.25, -0.2) is 0 Å². The second-order valence-corrected chi connectivity index (χ2v) is 16.2. The van der Waals surface area contributed by atoms with Crippen LogP contribution in [-0.4, -0.2) is 0 Å². The highest BCUT2D eigenvalue weighted by Gasteiger charge is 2.22. The zero-order valence-electron chi connectivity index (χ0n) is 35.3. The highest BCUT2D eigenvalue weighted by Crippen LogP contribution is 2.47. The summed E-state index contributed by atoms with van der Waals surface area (Å²) in [7, 11) is 0. The van der Waals surface area contributed by atoms with E-state index in [1.807, 2.05) is 0 Å². The fraction of sp³-hybridized carbons (Fsp3) is 0. The number of hydrogen-bond acceptors (Lipinski definition) is 2. The first-order valence-corrected chi connectivity index (χ1v) is 21.9. The van der Waals surface area contributed by atoms with E-state index in [0.717, 1.165) is 39.5 Å². The van der Waals surface area contributed by atoms with Crippen molar-refractivity contribution >= 4 is 55.7 Å². The van der Waals surface area contributed by atoms with Gasteiger partial charge in [0, 0.05) is 33.8 Å². The molecule has 0 spiro atoms. The minimum atomic E-state index is 1.06. The molecule has 302 valence electrons. The van der Waals surface area contributed by atoms with Crippen molar-refractivity contribution in [3.8, 4) is 44.5 Å². The minimum absolute atomic E-state index is 1.06. The van der Waals surface area contributed by atoms with Gasteiger partial charge in [0.25, 0.3) is 0 Å². The van der Waals surface area contributed by atoms with Crippen LogP contribution in [0.4, 0.5) is 34.1 Å². The fourth-order valence-electron chi connectivity index (χ4n) is 9.02. The monoisotopic (exact) mass is 816 g/mol. The summed E-state index contributed by atoms with van der Waals surface area (Å²) in [6.07, 6.45) is 0. The Balaban J connectivity index is 1.14. The maximum absolute atomic E-state index is 2.44. The third-order valence-corrected chi connectivity index (χ3v) is 12.2. The van der Waals surface area contributed by atoms with Crippen molar-refractivity contribution in [3.05, 3.63) is 267 Å². The number of benzene rings is 11. The van der Waals surface area contributed by atoms with Crippen molar-refractivity contribution in [1.82, 2.24) is 0 Å². The Labute approximate surface area is 375 Å². The third-order valence-electron chi connectivity index (χ3n) is 12.2. The molecule has 0 aliphatic carbocycles. The summed E-state index contributed by atoms with van der Waals surface area (Å²) in [6, 6.07) is 96.5. The predicted octanol–water partition coefficient (Wildman–Crippen LogP) is 17.6. The highest BCUT2D eigenvalue weighted by atomic mass is 15.2. The Bertz CT molecular complexity index is 3150. The van der Waals surface area contributed by atoms with Crippen LogP contribution in [0.1, 0.15) is 0 Å². The zero-order valence-corrected chi connectivity index (χ0v) is 35.3. The number of hydrogen-bond donors (Lipinski definition) is 0. The van der Waals surface area contributed by atoms with Crippen molar-refractivity contribution in [3.63, 3.8) is 0 Å². The summed E-state index contributed by atoms with van der Waals surface area (Å²) >= 11 is 0. The van der Waals surface area contributed by atoms with E-state index in [-0.39, 0.29) is 0 Å². The van der Waals surface area contributed by atoms with Gasteiger partial charge in [0.15, 0.2) is 0 Å². The lowest BCUT2D eigenvalue weighted by Gasteiger charge is -2.31. The van der Waals surface area contributed by atoms with E-state index in [0.29, 0.717) is 0 Å². The molecule has 0 fully saturated rings. The van der Waals surface area contributed by atoms with Crippen LogP contribution in [0, 0.1) is 0 Å². The Morgan fingerprint density at radius 3 is 0.906 bits per heavy atom. The largest absolute Gasteiger partial charge is 0.310 e. The summed E-state index contributed by atoms with van der Waals surface area (Å²) in [5.41, 5.74) is 15.9. The lowest BCUT2D eigenvalue weighted by atomic mass is 9.97. The summed E-state index contributed by atoms with van der Waals surface area (Å²) in [6.45, 7) is 0. The van der Waals surface area contributed by atoms with Crippen LogP contribution < -0.4 is 9.80 Å². The van der Waals surface area contributed by atoms with Crippen molar-refractivity contribution in [2.45, 2.75) is 0 Å². The summed E-state index contributed by atoms with van der Waals surface area (Å²) in [4.78, 5) is 4.84. The average molecular weight is 817 g/mol. The van der Waals surface area contributed by atoms with E-state index >= 15 is 0 Å². The van der Waals surface area contributed by atoms with Crippen molar-refractivity contribution in [2.24, 2.45) is 0 Å². The highest BCUT2D eigenvalue weighted by molar-refractivity contribution is 6.16. The molecule has 0 bridgehead atoms. The topological polar surface area (TPSA) is 6.48 Å². The minimum Gasteiger partial charge on any atom is -0.310 e. The molecule has 2 nitrogen and oxygen atoms in total. The molecule has 0 saturated heterocycles. The molecule has 0 aromatic heterocycles. The van der Waals surface area contributed by atoms with E-state index in [2.05, 4.69) is 277 Å². The van der Waals surface area contributed by atoms with Crippen LogP contribution >= 0.6 is 0 Å². The van der Waals surface area contributed by atoms with Crippen molar-refractivity contribution < 1.29 is 0 Å². The first-order chi connectivity index (χ1) is 31.7. The van der Waals surface area contributed by atoms with Crippen LogP contribution in [0.3, 0.4) is 0 Å². The molecule has 11 aromatic rings. The van der Waals surface area contributed by atoms with E-state index in [1.54, 1.807) is 0 Å². The second-order valence-electron chi connectivity index (χ2n) is 16.2. The maximum atomic E-state index is 2.44. The molecule has 0 aliphatic heterocycles. The molecule has 64 heavy (non-hydrogen) atoms. The molecular formula is C62H44N2. The molecular weight excluding hydrogens is 773 g/mol. The van der Waals surface area contributed by atoms with Crippen LogP contribution in [0.25, 0.3) is 66.1 Å². The molecule has 0 heterocycles. The standard InChI is InChI=1S/C62H44N2/c1-5-15-45(16-6-1)49-27-35-55(36-28-49)63(56-37-29-50(30-38-56)46-17-7-2-8-18-46)59-43-54-26-25-53-23-13-14-24-60(53)62(54)61(44-59)64(57-39-31-51(32-40-57)47-19-9-3-10-20-47)58-41-33-52(34-42-58)48-21-11-4-12-22-48/h1-44H. The Kier molecular flexibility index (Phi) is 10.3. The molecule has 0 radical (unpaired) electrons.